The summed E-state index contributed by atoms with van der Waals surface area (Å²) in [5, 5.41) is 0. The summed E-state index contributed by atoms with van der Waals surface area (Å²) in [7, 11) is -4.62. The Balaban J connectivity index is 4.36. The molecule has 0 aromatic carbocycles. The molecule has 0 rings (SSSR count). The van der Waals surface area contributed by atoms with Gasteiger partial charge in [0.05, 0.1) is 19.6 Å². The van der Waals surface area contributed by atoms with Gasteiger partial charge >= 0.3 is 21.6 Å². The van der Waals surface area contributed by atoms with Gasteiger partial charge in [0, 0.05) is 0 Å². The monoisotopic (exact) mass is 250 g/mol. The Hall–Kier alpha value is -0.830. The van der Waals surface area contributed by atoms with Crippen molar-refractivity contribution < 1.29 is 35.3 Å². The first-order chi connectivity index (χ1) is 6.62. The molecule has 0 radical (unpaired) electrons. The smallest absolute Gasteiger partial charge is 0.469 e. The maximum atomic E-state index is 11.7. The van der Waals surface area contributed by atoms with E-state index in [0.29, 0.717) is 0 Å². The number of halogens is 3. The number of carbonyl (C=O) groups excluding carboxylic acids is 1. The van der Waals surface area contributed by atoms with E-state index < -0.39 is 34.1 Å². The molecule has 0 amide bonds. The van der Waals surface area contributed by atoms with Crippen molar-refractivity contribution in [2.45, 2.75) is 12.4 Å². The minimum atomic E-state index is -5.64. The molecule has 0 saturated heterocycles. The molecule has 0 aliphatic carbocycles. The normalized spacial score (nSPS) is 14.7. The maximum absolute atomic E-state index is 11.7. The second-order valence-corrected chi connectivity index (χ2v) is 4.22. The molecular weight excluding hydrogens is 241 g/mol. The van der Waals surface area contributed by atoms with Gasteiger partial charge in [-0.05, 0) is 6.92 Å². The van der Waals surface area contributed by atoms with Gasteiger partial charge in [-0.15, -0.1) is 0 Å². The highest BCUT2D eigenvalue weighted by Crippen LogP contribution is 2.24. The van der Waals surface area contributed by atoms with Crippen LogP contribution in [0.1, 0.15) is 6.92 Å². The van der Waals surface area contributed by atoms with Crippen molar-refractivity contribution in [3.05, 3.63) is 0 Å². The van der Waals surface area contributed by atoms with Crippen LogP contribution in [0.25, 0.3) is 0 Å². The lowest BCUT2D eigenvalue weighted by Gasteiger charge is -2.11. The Morgan fingerprint density at radius 3 is 2.20 bits per heavy atom. The molecule has 0 aliphatic rings. The third-order valence-corrected chi connectivity index (χ3v) is 2.37. The number of hydrogen-bond acceptors (Lipinski definition) is 5. The predicted molar refractivity (Wildman–Crippen MR) is 42.1 cm³/mol. The fraction of sp³-hybridized carbons (Fsp3) is 0.833. The van der Waals surface area contributed by atoms with Gasteiger partial charge in [-0.1, -0.05) is 0 Å². The summed E-state index contributed by atoms with van der Waals surface area (Å²) in [5.74, 6) is -1.94. The molecular formula is C6H9F3O5S. The van der Waals surface area contributed by atoms with E-state index >= 15 is 0 Å². The van der Waals surface area contributed by atoms with Crippen LogP contribution in [0.15, 0.2) is 0 Å². The fourth-order valence-corrected chi connectivity index (χ4v) is 1.04. The van der Waals surface area contributed by atoms with Crippen molar-refractivity contribution in [1.82, 2.24) is 0 Å². The first-order valence-electron chi connectivity index (χ1n) is 3.65. The van der Waals surface area contributed by atoms with Crippen molar-refractivity contribution in [2.75, 3.05) is 13.7 Å². The lowest BCUT2D eigenvalue weighted by molar-refractivity contribution is -0.145. The van der Waals surface area contributed by atoms with E-state index in [1.807, 2.05) is 0 Å². The zero-order chi connectivity index (χ0) is 12.3. The van der Waals surface area contributed by atoms with Gasteiger partial charge in [0.2, 0.25) is 0 Å². The third-order valence-electron chi connectivity index (χ3n) is 1.36. The summed E-state index contributed by atoms with van der Waals surface area (Å²) in [4.78, 5) is 10.7. The molecule has 1 atom stereocenters. The summed E-state index contributed by atoms with van der Waals surface area (Å²) >= 11 is 0. The van der Waals surface area contributed by atoms with Crippen molar-refractivity contribution in [2.24, 2.45) is 5.92 Å². The lowest BCUT2D eigenvalue weighted by Crippen LogP contribution is -2.29. The number of esters is 1. The van der Waals surface area contributed by atoms with Gasteiger partial charge < -0.3 is 4.74 Å². The third kappa shape index (κ3) is 4.04. The van der Waals surface area contributed by atoms with Gasteiger partial charge in [0.15, 0.2) is 0 Å². The molecule has 0 N–H and O–H groups in total. The van der Waals surface area contributed by atoms with Crippen LogP contribution in [-0.4, -0.2) is 33.6 Å². The van der Waals surface area contributed by atoms with Crippen molar-refractivity contribution in [3.63, 3.8) is 0 Å². The minimum absolute atomic E-state index is 0.854. The average molecular weight is 250 g/mol. The molecule has 9 heteroatoms. The van der Waals surface area contributed by atoms with E-state index in [4.69, 9.17) is 0 Å². The van der Waals surface area contributed by atoms with Crippen LogP contribution >= 0.6 is 0 Å². The Bertz CT molecular complexity index is 320. The second kappa shape index (κ2) is 4.79. The van der Waals surface area contributed by atoms with Crippen LogP contribution in [0.2, 0.25) is 0 Å². The standard InChI is InChI=1S/C6H9F3O5S/c1-4(5(10)13-2)3-14-15(11,12)6(7,8)9/h4H,3H2,1-2H3/t4-/m1/s1. The molecule has 0 saturated carbocycles. The summed E-state index contributed by atoms with van der Waals surface area (Å²) in [5.41, 5.74) is -5.48. The predicted octanol–water partition coefficient (Wildman–Crippen LogP) is 0.662. The van der Waals surface area contributed by atoms with Crippen molar-refractivity contribution in [3.8, 4) is 0 Å². The fourth-order valence-electron chi connectivity index (χ4n) is 0.528. The zero-order valence-electron chi connectivity index (χ0n) is 7.87. The molecule has 0 bridgehead atoms. The molecule has 5 nitrogen and oxygen atoms in total. The van der Waals surface area contributed by atoms with Gasteiger partial charge in [-0.25, -0.2) is 0 Å². The van der Waals surface area contributed by atoms with E-state index in [-0.39, 0.29) is 0 Å². The molecule has 90 valence electrons. The molecule has 0 aliphatic heterocycles. The zero-order valence-corrected chi connectivity index (χ0v) is 8.68. The van der Waals surface area contributed by atoms with E-state index in [1.165, 1.54) is 6.92 Å². The first-order valence-corrected chi connectivity index (χ1v) is 5.06. The van der Waals surface area contributed by atoms with Crippen LogP contribution in [0.3, 0.4) is 0 Å². The van der Waals surface area contributed by atoms with Crippen LogP contribution in [0.4, 0.5) is 13.2 Å². The van der Waals surface area contributed by atoms with Crippen LogP contribution in [-0.2, 0) is 23.8 Å². The second-order valence-electron chi connectivity index (χ2n) is 2.61. The number of carbonyl (C=O) groups is 1. The Kier molecular flexibility index (Phi) is 4.53. The summed E-state index contributed by atoms with van der Waals surface area (Å²) in [6.07, 6.45) is 0. The van der Waals surface area contributed by atoms with Crippen LogP contribution in [0.5, 0.6) is 0 Å². The Morgan fingerprint density at radius 1 is 1.40 bits per heavy atom. The number of hydrogen-bond donors (Lipinski definition) is 0. The highest BCUT2D eigenvalue weighted by molar-refractivity contribution is 7.87. The lowest BCUT2D eigenvalue weighted by atomic mass is 10.2. The number of ether oxygens (including phenoxy) is 1. The molecule has 0 heterocycles. The highest BCUT2D eigenvalue weighted by atomic mass is 32.2. The summed E-state index contributed by atoms with van der Waals surface area (Å²) in [6, 6.07) is 0. The molecule has 0 aromatic heterocycles. The largest absolute Gasteiger partial charge is 0.523 e. The van der Waals surface area contributed by atoms with Gasteiger partial charge in [-0.2, -0.15) is 21.6 Å². The van der Waals surface area contributed by atoms with E-state index in [2.05, 4.69) is 8.92 Å². The topological polar surface area (TPSA) is 69.7 Å². The van der Waals surface area contributed by atoms with Crippen molar-refractivity contribution in [1.29, 1.82) is 0 Å². The van der Waals surface area contributed by atoms with Crippen LogP contribution < -0.4 is 0 Å². The Labute approximate surface area is 84.3 Å². The molecule has 15 heavy (non-hydrogen) atoms. The molecule has 0 fully saturated rings. The van der Waals surface area contributed by atoms with Crippen molar-refractivity contribution >= 4 is 16.1 Å². The number of methoxy groups -OCH3 is 1. The number of rotatable bonds is 4. The SMILES string of the molecule is COC(=O)[C@H](C)COS(=O)(=O)C(F)(F)F. The average Bonchev–Trinajstić information content (AvgIpc) is 2.11. The van der Waals surface area contributed by atoms with E-state index in [1.54, 1.807) is 0 Å². The molecule has 0 unspecified atom stereocenters. The van der Waals surface area contributed by atoms with Gasteiger partial charge in [-0.3, -0.25) is 8.98 Å². The summed E-state index contributed by atoms with van der Waals surface area (Å²) in [6.45, 7) is 0.270. The van der Waals surface area contributed by atoms with Gasteiger partial charge in [0.1, 0.15) is 0 Å². The van der Waals surface area contributed by atoms with Gasteiger partial charge in [0.25, 0.3) is 0 Å². The first kappa shape index (κ1) is 14.2. The number of alkyl halides is 3. The summed E-state index contributed by atoms with van der Waals surface area (Å²) < 4.78 is 63.7. The Morgan fingerprint density at radius 2 is 1.87 bits per heavy atom. The quantitative estimate of drug-likeness (QED) is 0.416. The van der Waals surface area contributed by atoms with E-state index in [0.717, 1.165) is 7.11 Å². The molecule has 0 spiro atoms. The van der Waals surface area contributed by atoms with Crippen LogP contribution in [0, 0.1) is 5.92 Å². The highest BCUT2D eigenvalue weighted by Gasteiger charge is 2.47. The maximum Gasteiger partial charge on any atom is 0.523 e. The van der Waals surface area contributed by atoms with E-state index in [9.17, 15) is 26.4 Å². The minimum Gasteiger partial charge on any atom is -0.469 e. The molecule has 0 aromatic rings.